The van der Waals surface area contributed by atoms with Crippen molar-refractivity contribution in [3.05, 3.63) is 35.9 Å². The van der Waals surface area contributed by atoms with Crippen LogP contribution in [0.5, 0.6) is 0 Å². The normalized spacial score (nSPS) is 28.4. The SMILES string of the molecule is Cl.Cl.O=C(NCC(c1ccccc1)N1CCOCC1)[C@@]12CCCC[C@H]1CNC2. The first-order valence-electron chi connectivity index (χ1n) is 10.2. The number of hydrogen-bond acceptors (Lipinski definition) is 4. The molecule has 3 atom stereocenters. The lowest BCUT2D eigenvalue weighted by molar-refractivity contribution is -0.134. The number of morpholine rings is 1. The molecule has 2 N–H and O–H groups in total. The van der Waals surface area contributed by atoms with Crippen LogP contribution in [0.25, 0.3) is 0 Å². The molecule has 0 radical (unpaired) electrons. The van der Waals surface area contributed by atoms with Crippen LogP contribution in [0.4, 0.5) is 0 Å². The quantitative estimate of drug-likeness (QED) is 0.755. The smallest absolute Gasteiger partial charge is 0.227 e. The van der Waals surface area contributed by atoms with Crippen molar-refractivity contribution in [1.82, 2.24) is 15.5 Å². The second-order valence-corrected chi connectivity index (χ2v) is 8.01. The number of rotatable bonds is 5. The molecule has 0 spiro atoms. The van der Waals surface area contributed by atoms with Gasteiger partial charge in [-0.1, -0.05) is 43.2 Å². The van der Waals surface area contributed by atoms with Crippen LogP contribution in [0, 0.1) is 11.3 Å². The van der Waals surface area contributed by atoms with Crippen molar-refractivity contribution >= 4 is 30.7 Å². The van der Waals surface area contributed by atoms with Gasteiger partial charge in [-0.3, -0.25) is 9.69 Å². The van der Waals surface area contributed by atoms with Crippen LogP contribution in [-0.2, 0) is 9.53 Å². The maximum atomic E-state index is 13.2. The third-order valence-electron chi connectivity index (χ3n) is 6.62. The fourth-order valence-corrected chi connectivity index (χ4v) is 5.08. The van der Waals surface area contributed by atoms with Crippen LogP contribution in [0.1, 0.15) is 37.3 Å². The van der Waals surface area contributed by atoms with Gasteiger partial charge in [-0.2, -0.15) is 0 Å². The van der Waals surface area contributed by atoms with E-state index in [-0.39, 0.29) is 42.2 Å². The summed E-state index contributed by atoms with van der Waals surface area (Å²) < 4.78 is 5.52. The Bertz CT molecular complexity index is 613. The lowest BCUT2D eigenvalue weighted by atomic mass is 9.67. The average molecular weight is 430 g/mol. The molecule has 1 aromatic rings. The van der Waals surface area contributed by atoms with Gasteiger partial charge >= 0.3 is 0 Å². The lowest BCUT2D eigenvalue weighted by Gasteiger charge is -2.39. The van der Waals surface area contributed by atoms with Gasteiger partial charge in [-0.05, 0) is 30.9 Å². The van der Waals surface area contributed by atoms with Gasteiger partial charge < -0.3 is 15.4 Å². The van der Waals surface area contributed by atoms with E-state index in [0.29, 0.717) is 12.5 Å². The molecule has 2 saturated heterocycles. The summed E-state index contributed by atoms with van der Waals surface area (Å²) in [5, 5.41) is 6.83. The monoisotopic (exact) mass is 429 g/mol. The van der Waals surface area contributed by atoms with E-state index in [0.717, 1.165) is 45.8 Å². The Morgan fingerprint density at radius 2 is 1.96 bits per heavy atom. The summed E-state index contributed by atoms with van der Waals surface area (Å²) in [5.41, 5.74) is 1.10. The number of carbonyl (C=O) groups excluding carboxylic acids is 1. The molecule has 7 heteroatoms. The predicted octanol–water partition coefficient (Wildman–Crippen LogP) is 2.80. The Kier molecular flexibility index (Phi) is 9.03. The van der Waals surface area contributed by atoms with Crippen LogP contribution in [-0.4, -0.2) is 56.7 Å². The second kappa shape index (κ2) is 10.8. The van der Waals surface area contributed by atoms with E-state index in [2.05, 4.69) is 39.8 Å². The molecule has 1 aromatic carbocycles. The van der Waals surface area contributed by atoms with Crippen molar-refractivity contribution in [1.29, 1.82) is 0 Å². The van der Waals surface area contributed by atoms with Gasteiger partial charge in [0, 0.05) is 26.2 Å². The second-order valence-electron chi connectivity index (χ2n) is 8.01. The van der Waals surface area contributed by atoms with E-state index in [9.17, 15) is 4.79 Å². The first-order valence-corrected chi connectivity index (χ1v) is 10.2. The summed E-state index contributed by atoms with van der Waals surface area (Å²) in [6.07, 6.45) is 4.66. The van der Waals surface area contributed by atoms with Crippen molar-refractivity contribution in [2.24, 2.45) is 11.3 Å². The van der Waals surface area contributed by atoms with Crippen molar-refractivity contribution < 1.29 is 9.53 Å². The first-order chi connectivity index (χ1) is 12.8. The zero-order valence-electron chi connectivity index (χ0n) is 16.4. The number of carbonyl (C=O) groups is 1. The third-order valence-corrected chi connectivity index (χ3v) is 6.62. The fourth-order valence-electron chi connectivity index (χ4n) is 5.08. The minimum atomic E-state index is -0.176. The molecule has 1 unspecified atom stereocenters. The number of ether oxygens (including phenoxy) is 1. The van der Waals surface area contributed by atoms with Crippen molar-refractivity contribution in [3.63, 3.8) is 0 Å². The lowest BCUT2D eigenvalue weighted by Crippen LogP contribution is -2.50. The van der Waals surface area contributed by atoms with E-state index >= 15 is 0 Å². The summed E-state index contributed by atoms with van der Waals surface area (Å²) >= 11 is 0. The molecule has 0 aromatic heterocycles. The topological polar surface area (TPSA) is 53.6 Å². The molecule has 4 rings (SSSR count). The van der Waals surface area contributed by atoms with Gasteiger partial charge in [0.05, 0.1) is 24.7 Å². The Labute approximate surface area is 180 Å². The largest absolute Gasteiger partial charge is 0.379 e. The molecule has 3 fully saturated rings. The van der Waals surface area contributed by atoms with Gasteiger partial charge in [0.1, 0.15) is 0 Å². The highest BCUT2D eigenvalue weighted by Gasteiger charge is 2.49. The van der Waals surface area contributed by atoms with E-state index in [1.807, 2.05) is 6.07 Å². The average Bonchev–Trinajstić information content (AvgIpc) is 3.15. The molecule has 3 aliphatic rings. The van der Waals surface area contributed by atoms with Gasteiger partial charge in [0.25, 0.3) is 0 Å². The van der Waals surface area contributed by atoms with E-state index in [1.165, 1.54) is 24.8 Å². The number of nitrogens with zero attached hydrogens (tertiary/aromatic N) is 1. The van der Waals surface area contributed by atoms with Gasteiger partial charge in [0.2, 0.25) is 5.91 Å². The number of amides is 1. The minimum Gasteiger partial charge on any atom is -0.379 e. The first kappa shape index (κ1) is 23.4. The molecule has 1 amide bonds. The Hall–Kier alpha value is -0.850. The van der Waals surface area contributed by atoms with Crippen LogP contribution >= 0.6 is 24.8 Å². The molecule has 2 heterocycles. The van der Waals surface area contributed by atoms with Gasteiger partial charge in [0.15, 0.2) is 0 Å². The number of benzene rings is 1. The van der Waals surface area contributed by atoms with Gasteiger partial charge in [-0.15, -0.1) is 24.8 Å². The maximum absolute atomic E-state index is 13.2. The third kappa shape index (κ3) is 4.82. The minimum absolute atomic E-state index is 0. The number of hydrogen-bond donors (Lipinski definition) is 2. The van der Waals surface area contributed by atoms with Crippen LogP contribution in [0.15, 0.2) is 30.3 Å². The summed E-state index contributed by atoms with van der Waals surface area (Å²) in [5.74, 6) is 0.774. The fraction of sp³-hybridized carbons (Fsp3) is 0.667. The summed E-state index contributed by atoms with van der Waals surface area (Å²) in [7, 11) is 0. The Morgan fingerprint density at radius 3 is 2.71 bits per heavy atom. The molecule has 0 bridgehead atoms. The maximum Gasteiger partial charge on any atom is 0.227 e. The highest BCUT2D eigenvalue weighted by Crippen LogP contribution is 2.44. The summed E-state index contributed by atoms with van der Waals surface area (Å²) in [6.45, 7) is 5.91. The molecule has 28 heavy (non-hydrogen) atoms. The molecule has 1 saturated carbocycles. The highest BCUT2D eigenvalue weighted by atomic mass is 35.5. The van der Waals surface area contributed by atoms with Gasteiger partial charge in [-0.25, -0.2) is 0 Å². The van der Waals surface area contributed by atoms with E-state index in [4.69, 9.17) is 4.74 Å². The number of fused-ring (bicyclic) bond motifs is 1. The van der Waals surface area contributed by atoms with Crippen LogP contribution < -0.4 is 10.6 Å². The van der Waals surface area contributed by atoms with Crippen molar-refractivity contribution in [2.75, 3.05) is 45.9 Å². The van der Waals surface area contributed by atoms with E-state index < -0.39 is 0 Å². The summed E-state index contributed by atoms with van der Waals surface area (Å²) in [6, 6.07) is 10.8. The molecule has 1 aliphatic carbocycles. The standard InChI is InChI=1S/C21H31N3O2.2ClH/c25-20(21-9-5-4-8-18(21)14-22-16-21)23-15-19(17-6-2-1-3-7-17)24-10-12-26-13-11-24;;/h1-3,6-7,18-19,22H,4-5,8-16H2,(H,23,25);2*1H/t18-,19?,21+;;/m0../s1. The van der Waals surface area contributed by atoms with Crippen LogP contribution in [0.2, 0.25) is 0 Å². The number of halogens is 2. The van der Waals surface area contributed by atoms with Crippen molar-refractivity contribution in [2.45, 2.75) is 31.7 Å². The molecular formula is C21H33Cl2N3O2. The Balaban J connectivity index is 0.00000140. The van der Waals surface area contributed by atoms with Crippen LogP contribution in [0.3, 0.4) is 0 Å². The predicted molar refractivity (Wildman–Crippen MR) is 116 cm³/mol. The number of nitrogens with one attached hydrogen (secondary N) is 2. The molecule has 2 aliphatic heterocycles. The summed E-state index contributed by atoms with van der Waals surface area (Å²) in [4.78, 5) is 15.7. The molecular weight excluding hydrogens is 397 g/mol. The molecule has 158 valence electrons. The zero-order valence-corrected chi connectivity index (χ0v) is 18.0. The Morgan fingerprint density at radius 1 is 1.21 bits per heavy atom. The molecule has 5 nitrogen and oxygen atoms in total. The highest BCUT2D eigenvalue weighted by molar-refractivity contribution is 5.85. The zero-order chi connectivity index (χ0) is 17.8. The van der Waals surface area contributed by atoms with E-state index in [1.54, 1.807) is 0 Å². The van der Waals surface area contributed by atoms with Crippen molar-refractivity contribution in [3.8, 4) is 0 Å².